The summed E-state index contributed by atoms with van der Waals surface area (Å²) in [5.74, 6) is 0. The summed E-state index contributed by atoms with van der Waals surface area (Å²) in [5, 5.41) is 7.06. The van der Waals surface area contributed by atoms with E-state index in [9.17, 15) is 8.42 Å². The van der Waals surface area contributed by atoms with E-state index in [2.05, 4.69) is 20.1 Å². The normalized spacial score (nSPS) is 11.9. The molecule has 8 heteroatoms. The molecule has 0 bridgehead atoms. The molecule has 0 aliphatic heterocycles. The summed E-state index contributed by atoms with van der Waals surface area (Å²) >= 11 is 0. The summed E-state index contributed by atoms with van der Waals surface area (Å²) in [5.41, 5.74) is 1.50. The van der Waals surface area contributed by atoms with Gasteiger partial charge in [0.15, 0.2) is 0 Å². The van der Waals surface area contributed by atoms with Gasteiger partial charge in [-0.3, -0.25) is 4.68 Å². The first kappa shape index (κ1) is 13.8. The van der Waals surface area contributed by atoms with Crippen molar-refractivity contribution >= 4 is 10.0 Å². The number of H-pyrrole nitrogens is 1. The fourth-order valence-corrected chi connectivity index (χ4v) is 2.69. The van der Waals surface area contributed by atoms with Gasteiger partial charge in [-0.25, -0.2) is 13.1 Å². The summed E-state index contributed by atoms with van der Waals surface area (Å²) in [4.78, 5) is 3.14. The average molecular weight is 283 g/mol. The van der Waals surface area contributed by atoms with Crippen LogP contribution in [0, 0.1) is 0 Å². The zero-order valence-electron chi connectivity index (χ0n) is 10.8. The third kappa shape index (κ3) is 3.43. The Kier molecular flexibility index (Phi) is 4.03. The molecule has 0 amide bonds. The van der Waals surface area contributed by atoms with Crippen LogP contribution in [0.3, 0.4) is 0 Å². The molecule has 0 aliphatic carbocycles. The first-order valence-electron chi connectivity index (χ1n) is 5.81. The number of nitrogens with zero attached hydrogens (tertiary/aromatic N) is 2. The molecule has 3 N–H and O–H groups in total. The maximum Gasteiger partial charge on any atom is 0.242 e. The van der Waals surface area contributed by atoms with Crippen molar-refractivity contribution in [3.05, 3.63) is 35.9 Å². The average Bonchev–Trinajstić information content (AvgIpc) is 2.97. The molecular weight excluding hydrogens is 266 g/mol. The van der Waals surface area contributed by atoms with Gasteiger partial charge in [-0.15, -0.1) is 0 Å². The molecule has 7 nitrogen and oxygen atoms in total. The highest BCUT2D eigenvalue weighted by molar-refractivity contribution is 7.89. The van der Waals surface area contributed by atoms with Crippen LogP contribution in [0.5, 0.6) is 0 Å². The molecule has 0 spiro atoms. The molecule has 0 aromatic carbocycles. The van der Waals surface area contributed by atoms with Crippen LogP contribution in [0.15, 0.2) is 29.4 Å². The summed E-state index contributed by atoms with van der Waals surface area (Å²) in [7, 11) is 0.0808. The summed E-state index contributed by atoms with van der Waals surface area (Å²) < 4.78 is 28.2. The van der Waals surface area contributed by atoms with E-state index in [1.807, 2.05) is 0 Å². The molecule has 0 unspecified atom stereocenters. The molecule has 0 saturated heterocycles. The van der Waals surface area contributed by atoms with E-state index >= 15 is 0 Å². The molecule has 2 aromatic rings. The van der Waals surface area contributed by atoms with Crippen molar-refractivity contribution in [2.75, 3.05) is 7.05 Å². The SMILES string of the molecule is CNCc1cc(S(=O)(=O)NCc2ccn(C)n2)c[nH]1. The van der Waals surface area contributed by atoms with Gasteiger partial charge in [-0.2, -0.15) is 5.10 Å². The number of aromatic nitrogens is 3. The minimum absolute atomic E-state index is 0.176. The maximum absolute atomic E-state index is 12.0. The van der Waals surface area contributed by atoms with Gasteiger partial charge in [0.1, 0.15) is 0 Å². The predicted molar refractivity (Wildman–Crippen MR) is 70.8 cm³/mol. The zero-order valence-corrected chi connectivity index (χ0v) is 11.7. The van der Waals surface area contributed by atoms with E-state index in [0.29, 0.717) is 12.2 Å². The highest BCUT2D eigenvalue weighted by Crippen LogP contribution is 2.11. The number of aryl methyl sites for hydroxylation is 1. The van der Waals surface area contributed by atoms with Crippen LogP contribution >= 0.6 is 0 Å². The lowest BCUT2D eigenvalue weighted by atomic mass is 10.4. The summed E-state index contributed by atoms with van der Waals surface area (Å²) in [6, 6.07) is 3.38. The monoisotopic (exact) mass is 283 g/mol. The number of hydrogen-bond donors (Lipinski definition) is 3. The van der Waals surface area contributed by atoms with Crippen molar-refractivity contribution in [1.82, 2.24) is 24.8 Å². The summed E-state index contributed by atoms with van der Waals surface area (Å²) in [6.07, 6.45) is 3.25. The van der Waals surface area contributed by atoms with Gasteiger partial charge in [-0.05, 0) is 19.2 Å². The van der Waals surface area contributed by atoms with E-state index in [1.54, 1.807) is 37.1 Å². The Balaban J connectivity index is 2.04. The zero-order chi connectivity index (χ0) is 13.9. The largest absolute Gasteiger partial charge is 0.363 e. The standard InChI is InChI=1S/C11H17N5O2S/c1-12-6-10-5-11(8-13-10)19(17,18)14-7-9-3-4-16(2)15-9/h3-5,8,12-14H,6-7H2,1-2H3. The second-order valence-electron chi connectivity index (χ2n) is 4.20. The second kappa shape index (κ2) is 5.55. The molecular formula is C11H17N5O2S. The molecule has 0 fully saturated rings. The van der Waals surface area contributed by atoms with Gasteiger partial charge in [0, 0.05) is 31.7 Å². The fourth-order valence-electron chi connectivity index (χ4n) is 1.68. The van der Waals surface area contributed by atoms with Crippen molar-refractivity contribution in [3.63, 3.8) is 0 Å². The Morgan fingerprint density at radius 1 is 1.42 bits per heavy atom. The highest BCUT2D eigenvalue weighted by Gasteiger charge is 2.16. The van der Waals surface area contributed by atoms with Crippen LogP contribution < -0.4 is 10.0 Å². The second-order valence-corrected chi connectivity index (χ2v) is 5.96. The molecule has 0 aliphatic rings. The van der Waals surface area contributed by atoms with Crippen LogP contribution in [-0.2, 0) is 30.2 Å². The van der Waals surface area contributed by atoms with Crippen LogP contribution in [0.1, 0.15) is 11.4 Å². The molecule has 19 heavy (non-hydrogen) atoms. The lowest BCUT2D eigenvalue weighted by molar-refractivity contribution is 0.579. The number of nitrogens with one attached hydrogen (secondary N) is 3. The van der Waals surface area contributed by atoms with Crippen LogP contribution in [-0.4, -0.2) is 30.2 Å². The number of aromatic amines is 1. The molecule has 104 valence electrons. The van der Waals surface area contributed by atoms with Gasteiger partial charge in [0.05, 0.1) is 17.1 Å². The van der Waals surface area contributed by atoms with E-state index < -0.39 is 10.0 Å². The van der Waals surface area contributed by atoms with E-state index in [1.165, 1.54) is 6.20 Å². The number of hydrogen-bond acceptors (Lipinski definition) is 4. The number of sulfonamides is 1. The minimum Gasteiger partial charge on any atom is -0.363 e. The van der Waals surface area contributed by atoms with E-state index in [-0.39, 0.29) is 11.4 Å². The first-order chi connectivity index (χ1) is 9.01. The minimum atomic E-state index is -3.50. The third-order valence-electron chi connectivity index (χ3n) is 2.61. The quantitative estimate of drug-likeness (QED) is 0.693. The van der Waals surface area contributed by atoms with Gasteiger partial charge in [0.25, 0.3) is 0 Å². The first-order valence-corrected chi connectivity index (χ1v) is 7.29. The lowest BCUT2D eigenvalue weighted by Crippen LogP contribution is -2.23. The summed E-state index contributed by atoms with van der Waals surface area (Å²) in [6.45, 7) is 0.769. The van der Waals surface area contributed by atoms with E-state index in [0.717, 1.165) is 5.69 Å². The van der Waals surface area contributed by atoms with Gasteiger partial charge >= 0.3 is 0 Å². The van der Waals surface area contributed by atoms with Crippen LogP contribution in [0.2, 0.25) is 0 Å². The van der Waals surface area contributed by atoms with Crippen LogP contribution in [0.25, 0.3) is 0 Å². The molecule has 0 radical (unpaired) electrons. The van der Waals surface area contributed by atoms with E-state index in [4.69, 9.17) is 0 Å². The third-order valence-corrected chi connectivity index (χ3v) is 3.99. The molecule has 0 saturated carbocycles. The Morgan fingerprint density at radius 3 is 2.84 bits per heavy atom. The van der Waals surface area contributed by atoms with Crippen LogP contribution in [0.4, 0.5) is 0 Å². The van der Waals surface area contributed by atoms with Crippen molar-refractivity contribution < 1.29 is 8.42 Å². The molecule has 2 rings (SSSR count). The van der Waals surface area contributed by atoms with Gasteiger partial charge in [0.2, 0.25) is 10.0 Å². The Morgan fingerprint density at radius 2 is 2.21 bits per heavy atom. The Hall–Kier alpha value is -1.64. The van der Waals surface area contributed by atoms with Crippen molar-refractivity contribution in [2.24, 2.45) is 7.05 Å². The Bertz CT molecular complexity index is 644. The lowest BCUT2D eigenvalue weighted by Gasteiger charge is -2.02. The smallest absolute Gasteiger partial charge is 0.242 e. The van der Waals surface area contributed by atoms with Crippen molar-refractivity contribution in [2.45, 2.75) is 18.0 Å². The van der Waals surface area contributed by atoms with Gasteiger partial charge < -0.3 is 10.3 Å². The molecule has 2 heterocycles. The topological polar surface area (TPSA) is 91.8 Å². The van der Waals surface area contributed by atoms with Crippen molar-refractivity contribution in [3.8, 4) is 0 Å². The Labute approximate surface area is 112 Å². The predicted octanol–water partition coefficient (Wildman–Crippen LogP) is -0.0539. The number of rotatable bonds is 6. The van der Waals surface area contributed by atoms with Gasteiger partial charge in [-0.1, -0.05) is 0 Å². The van der Waals surface area contributed by atoms with Crippen molar-refractivity contribution in [1.29, 1.82) is 0 Å². The molecule has 0 atom stereocenters. The molecule has 2 aromatic heterocycles. The highest BCUT2D eigenvalue weighted by atomic mass is 32.2. The fraction of sp³-hybridized carbons (Fsp3) is 0.364. The maximum atomic E-state index is 12.0.